The lowest BCUT2D eigenvalue weighted by molar-refractivity contribution is -0.247. The Labute approximate surface area is 640 Å². The van der Waals surface area contributed by atoms with Crippen molar-refractivity contribution in [3.05, 3.63) is 136 Å². The number of pyridine rings is 1. The summed E-state index contributed by atoms with van der Waals surface area (Å²) in [5.41, 5.74) is 9.82. The molecule has 9 N–H and O–H groups in total. The maximum atomic E-state index is 14.2. The predicted molar refractivity (Wildman–Crippen MR) is 405 cm³/mol. The van der Waals surface area contributed by atoms with Crippen molar-refractivity contribution in [2.75, 3.05) is 49.5 Å². The summed E-state index contributed by atoms with van der Waals surface area (Å²) in [6.07, 6.45) is 8.85. The first kappa shape index (κ1) is 80.3. The van der Waals surface area contributed by atoms with E-state index in [9.17, 15) is 72.9 Å². The summed E-state index contributed by atoms with van der Waals surface area (Å²) in [5, 5.41) is 47.1. The van der Waals surface area contributed by atoms with Crippen LogP contribution >= 0.6 is 11.3 Å². The summed E-state index contributed by atoms with van der Waals surface area (Å²) in [5.74, 6) is -7.49. The van der Waals surface area contributed by atoms with Crippen molar-refractivity contribution in [2.45, 2.75) is 181 Å². The molecule has 6 aromatic rings. The van der Waals surface area contributed by atoms with Gasteiger partial charge in [-0.25, -0.2) is 24.4 Å². The predicted octanol–water partition coefficient (Wildman–Crippen LogP) is 9.35. The number of Topliss-reactive ketones (excluding diaryl/α,β-unsaturated/α-hetero) is 2. The molecule has 0 saturated heterocycles. The summed E-state index contributed by atoms with van der Waals surface area (Å²) in [4.78, 5) is 169. The number of nitrogens with one attached hydrogen (secondary N) is 4. The molecule has 5 heterocycles. The van der Waals surface area contributed by atoms with Crippen LogP contribution in [0.2, 0.25) is 0 Å². The highest BCUT2D eigenvalue weighted by Crippen LogP contribution is 2.72. The van der Waals surface area contributed by atoms with E-state index in [4.69, 9.17) is 25.3 Å². The first-order valence-electron chi connectivity index (χ1n) is 37.5. The van der Waals surface area contributed by atoms with Gasteiger partial charge in [-0.15, -0.1) is 0 Å². The van der Waals surface area contributed by atoms with E-state index in [1.807, 2.05) is 59.0 Å². The Morgan fingerprint density at radius 2 is 1.47 bits per heavy atom. The maximum absolute atomic E-state index is 14.2. The number of hydrogen-bond acceptors (Lipinski definition) is 19. The second-order valence-electron chi connectivity index (χ2n) is 31.3. The largest absolute Gasteiger partial charge is 0.481 e. The van der Waals surface area contributed by atoms with Crippen LogP contribution in [0.1, 0.15) is 173 Å². The number of nitrogens with two attached hydrogens (primary N) is 1. The van der Waals surface area contributed by atoms with Crippen LogP contribution in [-0.4, -0.2) is 173 Å². The zero-order valence-corrected chi connectivity index (χ0v) is 63.4. The standard InChI is InChI=1S/C80H96N12O17S/c1-48(2)56(36-53(93)14-7-6-10-31-91-65(95)25-26-66(91)96)71(102)85-59(17-12-29-83-74(81)106)62(94)35-50-19-21-51(22-20-50)40-108-76(107)90(33-28-67(97)98)61(37-68(99)100)72(103)82-30-34-109-80-44-77(4)41-78(5,45-80)43-79(42-77,46-80)47-92-49(3)57(38-84-92)54-23-24-64(87-69(54)73(104)105)89-32-27-52-13-11-15-55(58(52)39-89)70(101)88-75-86-60-16-8-9-18-63(60)110-75/h8-9,11,13,15-16,18-26,38,48,56,59,61H,6-7,10,12,14,17,27-37,39-47H2,1-5H3,(H,82,103)(H,85,102)(H,97,98)(H,99,100)(H,104,105)(H3,81,83,106)(H,86,88,101)/t56-,59-,61-,77?,78?,79?,80?/m0/s1. The van der Waals surface area contributed by atoms with Crippen molar-refractivity contribution in [3.8, 4) is 11.1 Å². The van der Waals surface area contributed by atoms with Gasteiger partial charge in [-0.1, -0.05) is 94.0 Å². The third kappa shape index (κ3) is 19.6. The molecule has 0 spiro atoms. The molecular weight excluding hydrogens is 1430 g/mol. The van der Waals surface area contributed by atoms with Crippen LogP contribution in [0.5, 0.6) is 0 Å². The molecule has 8 amide bonds. The molecular formula is C80H96N12O17S. The fourth-order valence-corrected chi connectivity index (χ4v) is 18.8. The Hall–Kier alpha value is -10.8. The van der Waals surface area contributed by atoms with Crippen LogP contribution in [0.4, 0.5) is 20.5 Å². The minimum Gasteiger partial charge on any atom is -0.481 e. The van der Waals surface area contributed by atoms with E-state index in [-0.39, 0.29) is 115 Å². The van der Waals surface area contributed by atoms with Crippen molar-refractivity contribution in [3.63, 3.8) is 0 Å². The van der Waals surface area contributed by atoms with E-state index in [2.05, 4.69) is 40.1 Å². The van der Waals surface area contributed by atoms with E-state index in [0.29, 0.717) is 90.5 Å². The molecule has 12 rings (SSSR count). The van der Waals surface area contributed by atoms with E-state index >= 15 is 0 Å². The lowest BCUT2D eigenvalue weighted by Crippen LogP contribution is -2.64. The number of anilines is 2. The van der Waals surface area contributed by atoms with E-state index < -0.39 is 91.4 Å². The molecule has 0 radical (unpaired) electrons. The van der Waals surface area contributed by atoms with Crippen LogP contribution in [0.3, 0.4) is 0 Å². The van der Waals surface area contributed by atoms with Crippen LogP contribution in [-0.2, 0) is 80.4 Å². The zero-order valence-electron chi connectivity index (χ0n) is 62.6. The average Bonchev–Trinajstić information content (AvgIpc) is 0.726. The quantitative estimate of drug-likeness (QED) is 0.0132. The maximum Gasteiger partial charge on any atom is 0.410 e. The highest BCUT2D eigenvalue weighted by molar-refractivity contribution is 7.22. The first-order chi connectivity index (χ1) is 52.4. The highest BCUT2D eigenvalue weighted by atomic mass is 32.1. The molecule has 30 heteroatoms. The fourth-order valence-electron chi connectivity index (χ4n) is 17.9. The number of aromatic carboxylic acids is 1. The molecule has 4 fully saturated rings. The van der Waals surface area contributed by atoms with Gasteiger partial charge in [0.2, 0.25) is 11.8 Å². The van der Waals surface area contributed by atoms with Gasteiger partial charge in [0.1, 0.15) is 24.2 Å². The van der Waals surface area contributed by atoms with Gasteiger partial charge in [-0.3, -0.25) is 62.9 Å². The van der Waals surface area contributed by atoms with Crippen molar-refractivity contribution in [2.24, 2.45) is 33.8 Å². The Kier molecular flexibility index (Phi) is 25.1. The van der Waals surface area contributed by atoms with Gasteiger partial charge in [0.15, 0.2) is 16.6 Å². The number of aromatic nitrogens is 4. The van der Waals surface area contributed by atoms with Gasteiger partial charge < -0.3 is 51.4 Å². The van der Waals surface area contributed by atoms with Gasteiger partial charge in [0, 0.05) is 106 Å². The monoisotopic (exact) mass is 1530 g/mol. The summed E-state index contributed by atoms with van der Waals surface area (Å²) < 4.78 is 15.5. The van der Waals surface area contributed by atoms with Gasteiger partial charge in [-0.2, -0.15) is 5.10 Å². The number of ketones is 2. The molecule has 3 aromatic carbocycles. The van der Waals surface area contributed by atoms with Gasteiger partial charge >= 0.3 is 30.0 Å². The Balaban J connectivity index is 0.690. The number of aliphatic carboxylic acids is 2. The minimum atomic E-state index is -1.70. The number of nitrogens with zero attached hydrogens (tertiary/aromatic N) is 7. The van der Waals surface area contributed by atoms with Gasteiger partial charge in [0.05, 0.1) is 47.5 Å². The van der Waals surface area contributed by atoms with Gasteiger partial charge in [0.25, 0.3) is 17.7 Å². The number of rotatable bonds is 38. The SMILES string of the molecule is Cc1c(-c2ccc(N3CCc4cccc(C(=O)Nc5nc6ccccc6s5)c4C3)nc2C(=O)O)cnn1CC12CC3(C)CC(C)(C1)CC(OCCNC(=O)[C@H](CC(=O)O)N(CCC(=O)O)C(=O)OCc1ccc(CC(=O)[C@H](CCCNC(N)=O)NC(=O)[C@@H](CC(=O)CCCCCN4C(=O)C=CC4=O)C(C)C)cc1)(C3)C2. The Bertz CT molecular complexity index is 4500. The lowest BCUT2D eigenvalue weighted by Gasteiger charge is -2.69. The van der Waals surface area contributed by atoms with E-state index in [0.717, 1.165) is 68.9 Å². The zero-order chi connectivity index (χ0) is 78.8. The van der Waals surface area contributed by atoms with Crippen LogP contribution < -0.4 is 31.9 Å². The average molecular weight is 1530 g/mol. The third-order valence-electron chi connectivity index (χ3n) is 21.9. The first-order valence-corrected chi connectivity index (χ1v) is 38.3. The van der Waals surface area contributed by atoms with Crippen molar-refractivity contribution in [1.82, 2.24) is 45.5 Å². The number of unbranched alkanes of at least 4 members (excludes halogenated alkanes) is 2. The molecule has 2 unspecified atom stereocenters. The molecule has 4 saturated carbocycles. The van der Waals surface area contributed by atoms with Crippen LogP contribution in [0.25, 0.3) is 21.3 Å². The van der Waals surface area contributed by atoms with E-state index in [1.165, 1.54) is 23.5 Å². The van der Waals surface area contributed by atoms with Crippen molar-refractivity contribution < 1.29 is 82.3 Å². The molecule has 5 atom stereocenters. The number of primary amides is 1. The molecule has 4 bridgehead atoms. The summed E-state index contributed by atoms with van der Waals surface area (Å²) >= 11 is 1.39. The number of carboxylic acids is 3. The molecule has 29 nitrogen and oxygen atoms in total. The third-order valence-corrected chi connectivity index (χ3v) is 22.8. The number of hydrogen-bond donors (Lipinski definition) is 8. The number of para-hydroxylation sites is 1. The van der Waals surface area contributed by atoms with Crippen molar-refractivity contribution >= 4 is 104 Å². The molecule has 110 heavy (non-hydrogen) atoms. The number of amides is 8. The second-order valence-corrected chi connectivity index (χ2v) is 32.3. The molecule has 3 aromatic heterocycles. The summed E-state index contributed by atoms with van der Waals surface area (Å²) in [6.45, 7) is 10.8. The Morgan fingerprint density at radius 3 is 2.16 bits per heavy atom. The number of imide groups is 1. The highest BCUT2D eigenvalue weighted by Gasteiger charge is 2.66. The fraction of sp³-hybridized carbons (Fsp3) is 0.487. The Morgan fingerprint density at radius 1 is 0.745 bits per heavy atom. The number of carbonyl (C=O) groups is 12. The number of urea groups is 1. The van der Waals surface area contributed by atoms with E-state index in [1.54, 1.807) is 56.4 Å². The molecule has 584 valence electrons. The van der Waals surface area contributed by atoms with Crippen LogP contribution in [0, 0.1) is 35.0 Å². The number of thiazole rings is 1. The number of carboxylic acid groups (broad SMARTS) is 3. The molecule has 2 aliphatic heterocycles. The number of fused-ring (bicyclic) bond motifs is 2. The lowest BCUT2D eigenvalue weighted by atomic mass is 9.39. The summed E-state index contributed by atoms with van der Waals surface area (Å²) in [7, 11) is 0. The number of ether oxygens (including phenoxy) is 2. The number of carbonyl (C=O) groups excluding carboxylic acids is 9. The van der Waals surface area contributed by atoms with Crippen molar-refractivity contribution in [1.29, 1.82) is 0 Å². The second kappa shape index (κ2) is 34.4. The summed E-state index contributed by atoms with van der Waals surface area (Å²) in [6, 6.07) is 19.8. The smallest absolute Gasteiger partial charge is 0.410 e. The number of benzene rings is 3. The van der Waals surface area contributed by atoms with Crippen LogP contribution in [0.15, 0.2) is 97.2 Å². The minimum absolute atomic E-state index is 0.0231. The molecule has 6 aliphatic rings. The normalized spacial score (nSPS) is 20.4. The topological polar surface area (TPSA) is 411 Å². The molecule has 4 aliphatic carbocycles. The van der Waals surface area contributed by atoms with Gasteiger partial charge in [-0.05, 0) is 152 Å².